The molecule has 0 unspecified atom stereocenters. The third kappa shape index (κ3) is 6.73. The molecule has 0 aromatic heterocycles. The van der Waals surface area contributed by atoms with Crippen LogP contribution in [0.15, 0.2) is 0 Å². The predicted octanol–water partition coefficient (Wildman–Crippen LogP) is 0.823. The molecule has 0 aromatic rings. The molecule has 0 aliphatic carbocycles. The lowest BCUT2D eigenvalue weighted by molar-refractivity contribution is -0.142. The van der Waals surface area contributed by atoms with Crippen LogP contribution in [0.5, 0.6) is 0 Å². The lowest BCUT2D eigenvalue weighted by Gasteiger charge is -2.29. The van der Waals surface area contributed by atoms with Crippen molar-refractivity contribution >= 4 is 16.2 Å². The zero-order valence-corrected chi connectivity index (χ0v) is 13.6. The van der Waals surface area contributed by atoms with Gasteiger partial charge in [0, 0.05) is 26.2 Å². The van der Waals surface area contributed by atoms with Gasteiger partial charge in [0.05, 0.1) is 12.0 Å². The molecule has 0 spiro atoms. The van der Waals surface area contributed by atoms with Crippen LogP contribution in [0.1, 0.15) is 39.5 Å². The van der Waals surface area contributed by atoms with Crippen molar-refractivity contribution in [3.8, 4) is 0 Å². The first-order valence-corrected chi connectivity index (χ1v) is 8.86. The van der Waals surface area contributed by atoms with Gasteiger partial charge in [0.15, 0.2) is 0 Å². The van der Waals surface area contributed by atoms with Crippen LogP contribution in [0.3, 0.4) is 0 Å². The van der Waals surface area contributed by atoms with Crippen molar-refractivity contribution in [3.63, 3.8) is 0 Å². The van der Waals surface area contributed by atoms with Gasteiger partial charge in [0.1, 0.15) is 0 Å². The van der Waals surface area contributed by atoms with Gasteiger partial charge in [-0.25, -0.2) is 4.72 Å². The zero-order valence-electron chi connectivity index (χ0n) is 12.7. The van der Waals surface area contributed by atoms with Gasteiger partial charge in [-0.1, -0.05) is 0 Å². The number of carbonyl (C=O) groups is 1. The Kier molecular flexibility index (Phi) is 7.58. The minimum atomic E-state index is -3.49. The summed E-state index contributed by atoms with van der Waals surface area (Å²) in [7, 11) is -3.49. The van der Waals surface area contributed by atoms with Crippen LogP contribution in [0.25, 0.3) is 0 Å². The normalized spacial score (nSPS) is 18.2. The fraction of sp³-hybridized carbons (Fsp3) is 0.923. The molecule has 0 atom stereocenters. The van der Waals surface area contributed by atoms with Crippen molar-refractivity contribution in [1.29, 1.82) is 0 Å². The number of hydrogen-bond acceptors (Lipinski definition) is 4. The maximum absolute atomic E-state index is 12.0. The zero-order chi connectivity index (χ0) is 15.9. The molecule has 0 saturated carbocycles. The number of carboxylic acids is 1. The van der Waals surface area contributed by atoms with E-state index in [0.29, 0.717) is 26.0 Å². The van der Waals surface area contributed by atoms with Crippen LogP contribution in [0.4, 0.5) is 0 Å². The summed E-state index contributed by atoms with van der Waals surface area (Å²) < 4.78 is 33.3. The van der Waals surface area contributed by atoms with Crippen molar-refractivity contribution in [2.24, 2.45) is 5.92 Å². The molecule has 1 aliphatic rings. The maximum Gasteiger partial charge on any atom is 0.306 e. The van der Waals surface area contributed by atoms with Crippen LogP contribution in [-0.4, -0.2) is 56.1 Å². The summed E-state index contributed by atoms with van der Waals surface area (Å²) in [5, 5.41) is 8.89. The van der Waals surface area contributed by atoms with Crippen molar-refractivity contribution < 1.29 is 23.1 Å². The van der Waals surface area contributed by atoms with E-state index in [1.165, 1.54) is 4.31 Å². The Hall–Kier alpha value is -0.700. The number of ether oxygens (including phenoxy) is 1. The highest BCUT2D eigenvalue weighted by Gasteiger charge is 2.30. The summed E-state index contributed by atoms with van der Waals surface area (Å²) in [5.41, 5.74) is 0. The van der Waals surface area contributed by atoms with E-state index in [0.717, 1.165) is 12.8 Å². The van der Waals surface area contributed by atoms with E-state index in [2.05, 4.69) is 4.72 Å². The molecule has 0 bridgehead atoms. The van der Waals surface area contributed by atoms with Gasteiger partial charge in [-0.3, -0.25) is 4.79 Å². The topological polar surface area (TPSA) is 95.9 Å². The molecule has 7 nitrogen and oxygen atoms in total. The van der Waals surface area contributed by atoms with E-state index in [1.807, 2.05) is 13.8 Å². The fourth-order valence-corrected chi connectivity index (χ4v) is 3.46. The molecule has 0 radical (unpaired) electrons. The van der Waals surface area contributed by atoms with Crippen LogP contribution < -0.4 is 4.72 Å². The van der Waals surface area contributed by atoms with Crippen molar-refractivity contribution in [2.75, 3.05) is 26.2 Å². The number of nitrogens with zero attached hydrogens (tertiary/aromatic N) is 1. The summed E-state index contributed by atoms with van der Waals surface area (Å²) in [4.78, 5) is 10.8. The second-order valence-electron chi connectivity index (χ2n) is 5.54. The summed E-state index contributed by atoms with van der Waals surface area (Å²) in [6.45, 7) is 5.46. The number of rotatable bonds is 9. The Morgan fingerprint density at radius 2 is 1.95 bits per heavy atom. The van der Waals surface area contributed by atoms with Crippen molar-refractivity contribution in [3.05, 3.63) is 0 Å². The summed E-state index contributed by atoms with van der Waals surface area (Å²) in [6.07, 6.45) is 2.47. The van der Waals surface area contributed by atoms with E-state index in [-0.39, 0.29) is 19.2 Å². The van der Waals surface area contributed by atoms with Gasteiger partial charge in [-0.15, -0.1) is 0 Å². The molecule has 2 N–H and O–H groups in total. The molecule has 1 saturated heterocycles. The molecule has 1 fully saturated rings. The number of aliphatic carboxylic acids is 1. The SMILES string of the molecule is CC(C)OCCCCNS(=O)(=O)N1CCC(C(=O)O)CC1. The Balaban J connectivity index is 2.23. The molecule has 0 aromatic carbocycles. The van der Waals surface area contributed by atoms with Gasteiger partial charge in [0.25, 0.3) is 10.2 Å². The molecule has 0 amide bonds. The minimum absolute atomic E-state index is 0.192. The van der Waals surface area contributed by atoms with E-state index in [4.69, 9.17) is 9.84 Å². The first-order chi connectivity index (χ1) is 9.83. The third-order valence-corrected chi connectivity index (χ3v) is 5.06. The first-order valence-electron chi connectivity index (χ1n) is 7.42. The van der Waals surface area contributed by atoms with E-state index in [9.17, 15) is 13.2 Å². The van der Waals surface area contributed by atoms with Crippen LogP contribution in [-0.2, 0) is 19.7 Å². The Bertz CT molecular complexity index is 416. The van der Waals surface area contributed by atoms with E-state index >= 15 is 0 Å². The fourth-order valence-electron chi connectivity index (χ4n) is 2.18. The highest BCUT2D eigenvalue weighted by atomic mass is 32.2. The largest absolute Gasteiger partial charge is 0.481 e. The third-order valence-electron chi connectivity index (χ3n) is 3.45. The van der Waals surface area contributed by atoms with Crippen molar-refractivity contribution in [1.82, 2.24) is 9.03 Å². The number of hydrogen-bond donors (Lipinski definition) is 2. The Labute approximate surface area is 126 Å². The summed E-state index contributed by atoms with van der Waals surface area (Å²) in [5.74, 6) is -1.27. The van der Waals surface area contributed by atoms with Gasteiger partial charge in [-0.2, -0.15) is 12.7 Å². The highest BCUT2D eigenvalue weighted by Crippen LogP contribution is 2.19. The molecule has 21 heavy (non-hydrogen) atoms. The van der Waals surface area contributed by atoms with Crippen LogP contribution in [0, 0.1) is 5.92 Å². The number of piperidine rings is 1. The lowest BCUT2D eigenvalue weighted by atomic mass is 9.99. The molecular weight excluding hydrogens is 296 g/mol. The van der Waals surface area contributed by atoms with Gasteiger partial charge in [0.2, 0.25) is 0 Å². The standard InChI is InChI=1S/C13H26N2O5S/c1-11(2)20-10-4-3-7-14-21(18,19)15-8-5-12(6-9-15)13(16)17/h11-12,14H,3-10H2,1-2H3,(H,16,17). The van der Waals surface area contributed by atoms with Crippen molar-refractivity contribution in [2.45, 2.75) is 45.6 Å². The van der Waals surface area contributed by atoms with Gasteiger partial charge in [-0.05, 0) is 39.5 Å². The Morgan fingerprint density at radius 1 is 1.33 bits per heavy atom. The molecule has 1 aliphatic heterocycles. The quantitative estimate of drug-likeness (QED) is 0.613. The molecule has 8 heteroatoms. The number of unbranched alkanes of at least 4 members (excludes halogenated alkanes) is 1. The number of carboxylic acid groups (broad SMARTS) is 1. The minimum Gasteiger partial charge on any atom is -0.481 e. The van der Waals surface area contributed by atoms with Crippen LogP contribution >= 0.6 is 0 Å². The second-order valence-corrected chi connectivity index (χ2v) is 7.29. The first kappa shape index (κ1) is 18.3. The predicted molar refractivity (Wildman–Crippen MR) is 79.2 cm³/mol. The maximum atomic E-state index is 12.0. The Morgan fingerprint density at radius 3 is 2.48 bits per heavy atom. The molecular formula is C13H26N2O5S. The molecule has 1 rings (SSSR count). The molecule has 124 valence electrons. The van der Waals surface area contributed by atoms with Gasteiger partial charge < -0.3 is 9.84 Å². The average molecular weight is 322 g/mol. The second kappa shape index (κ2) is 8.67. The van der Waals surface area contributed by atoms with Gasteiger partial charge >= 0.3 is 5.97 Å². The lowest BCUT2D eigenvalue weighted by Crippen LogP contribution is -2.46. The smallest absolute Gasteiger partial charge is 0.306 e. The van der Waals surface area contributed by atoms with Crippen LogP contribution in [0.2, 0.25) is 0 Å². The number of nitrogens with one attached hydrogen (secondary N) is 1. The molecule has 1 heterocycles. The average Bonchev–Trinajstić information content (AvgIpc) is 2.42. The summed E-state index contributed by atoms with van der Waals surface area (Å²) >= 11 is 0. The van der Waals surface area contributed by atoms with E-state index in [1.54, 1.807) is 0 Å². The highest BCUT2D eigenvalue weighted by molar-refractivity contribution is 7.87. The monoisotopic (exact) mass is 322 g/mol. The van der Waals surface area contributed by atoms with E-state index < -0.39 is 22.1 Å². The summed E-state index contributed by atoms with van der Waals surface area (Å²) in [6, 6.07) is 0.